The van der Waals surface area contributed by atoms with Crippen LogP contribution < -0.4 is 9.88 Å². The Morgan fingerprint density at radius 3 is 2.68 bits per heavy atom. The summed E-state index contributed by atoms with van der Waals surface area (Å²) in [7, 11) is 0. The SMILES string of the molecule is Clc1ccc(-c2c3c(nc4[n+]2[C@H]2CCCC[C@@H]2N4)-c2ccccc2CC3)cc1. The third-order valence-electron chi connectivity index (χ3n) is 6.67. The molecule has 3 aromatic rings. The number of halogens is 1. The van der Waals surface area contributed by atoms with Crippen LogP contribution in [-0.4, -0.2) is 11.0 Å². The molecule has 6 rings (SSSR count). The number of aryl methyl sites for hydroxylation is 1. The van der Waals surface area contributed by atoms with Gasteiger partial charge in [0.05, 0.1) is 0 Å². The summed E-state index contributed by atoms with van der Waals surface area (Å²) in [5, 5.41) is 4.55. The minimum Gasteiger partial charge on any atom is -0.268 e. The van der Waals surface area contributed by atoms with Crippen molar-refractivity contribution >= 4 is 17.5 Å². The molecule has 0 spiro atoms. The van der Waals surface area contributed by atoms with Crippen molar-refractivity contribution in [1.82, 2.24) is 4.98 Å². The highest BCUT2D eigenvalue weighted by atomic mass is 35.5. The lowest BCUT2D eigenvalue weighted by Gasteiger charge is -2.25. The minimum atomic E-state index is 0.504. The fourth-order valence-electron chi connectivity index (χ4n) is 5.38. The molecule has 2 aromatic carbocycles. The summed E-state index contributed by atoms with van der Waals surface area (Å²) in [6.07, 6.45) is 7.18. The van der Waals surface area contributed by atoms with E-state index in [0.717, 1.165) is 29.5 Å². The molecular weight excluding hydrogens is 366 g/mol. The molecule has 2 aliphatic carbocycles. The number of anilines is 1. The normalized spacial score (nSPS) is 21.9. The smallest absolute Gasteiger partial charge is 0.268 e. The molecule has 0 unspecified atom stereocenters. The predicted molar refractivity (Wildman–Crippen MR) is 113 cm³/mol. The summed E-state index contributed by atoms with van der Waals surface area (Å²) in [6.45, 7) is 0. The maximum absolute atomic E-state index is 6.21. The molecule has 1 saturated carbocycles. The molecule has 2 heterocycles. The van der Waals surface area contributed by atoms with Gasteiger partial charge in [0, 0.05) is 21.7 Å². The molecule has 3 nitrogen and oxygen atoms in total. The first-order valence-corrected chi connectivity index (χ1v) is 10.8. The van der Waals surface area contributed by atoms with E-state index in [2.05, 4.69) is 46.3 Å². The van der Waals surface area contributed by atoms with Crippen molar-refractivity contribution in [3.05, 3.63) is 64.7 Å². The molecule has 1 aliphatic heterocycles. The van der Waals surface area contributed by atoms with Crippen LogP contribution in [0.4, 0.5) is 5.95 Å². The van der Waals surface area contributed by atoms with Crippen molar-refractivity contribution in [3.8, 4) is 22.5 Å². The monoisotopic (exact) mass is 388 g/mol. The van der Waals surface area contributed by atoms with Gasteiger partial charge >= 0.3 is 5.95 Å². The quantitative estimate of drug-likeness (QED) is 0.568. The number of nitrogens with one attached hydrogen (secondary N) is 1. The van der Waals surface area contributed by atoms with E-state index in [1.54, 1.807) is 0 Å². The largest absolute Gasteiger partial charge is 0.393 e. The number of benzene rings is 2. The lowest BCUT2D eigenvalue weighted by atomic mass is 9.86. The molecule has 0 amide bonds. The van der Waals surface area contributed by atoms with Crippen LogP contribution in [0.25, 0.3) is 22.5 Å². The number of hydrogen-bond acceptors (Lipinski definition) is 2. The van der Waals surface area contributed by atoms with E-state index in [9.17, 15) is 0 Å². The molecule has 0 bridgehead atoms. The number of nitrogens with zero attached hydrogens (tertiary/aromatic N) is 2. The van der Waals surface area contributed by atoms with Crippen LogP contribution in [0.2, 0.25) is 5.02 Å². The molecular formula is C24H23ClN3+. The number of fused-ring (bicyclic) bond motifs is 6. The van der Waals surface area contributed by atoms with Gasteiger partial charge in [-0.25, -0.2) is 4.57 Å². The highest BCUT2D eigenvalue weighted by Gasteiger charge is 2.44. The lowest BCUT2D eigenvalue weighted by Crippen LogP contribution is -2.44. The Hall–Kier alpha value is -2.39. The van der Waals surface area contributed by atoms with Crippen LogP contribution >= 0.6 is 11.6 Å². The fourth-order valence-corrected chi connectivity index (χ4v) is 5.51. The van der Waals surface area contributed by atoms with E-state index in [1.165, 1.54) is 53.6 Å². The Balaban J connectivity index is 1.64. The van der Waals surface area contributed by atoms with Crippen LogP contribution in [0.5, 0.6) is 0 Å². The second-order valence-corrected chi connectivity index (χ2v) is 8.68. The molecule has 1 N–H and O–H groups in total. The van der Waals surface area contributed by atoms with Crippen molar-refractivity contribution in [3.63, 3.8) is 0 Å². The van der Waals surface area contributed by atoms with Crippen molar-refractivity contribution in [2.75, 3.05) is 5.32 Å². The fraction of sp³-hybridized carbons (Fsp3) is 0.333. The third kappa shape index (κ3) is 2.42. The molecule has 1 fully saturated rings. The van der Waals surface area contributed by atoms with Gasteiger partial charge in [-0.3, -0.25) is 5.32 Å². The average molecular weight is 389 g/mol. The van der Waals surface area contributed by atoms with Gasteiger partial charge in [-0.15, -0.1) is 0 Å². The molecule has 4 heteroatoms. The summed E-state index contributed by atoms with van der Waals surface area (Å²) in [4.78, 5) is 5.19. The minimum absolute atomic E-state index is 0.504. The van der Waals surface area contributed by atoms with E-state index < -0.39 is 0 Å². The van der Waals surface area contributed by atoms with Crippen molar-refractivity contribution in [2.45, 2.75) is 50.6 Å². The highest BCUT2D eigenvalue weighted by molar-refractivity contribution is 6.30. The van der Waals surface area contributed by atoms with Crippen molar-refractivity contribution in [1.29, 1.82) is 0 Å². The summed E-state index contributed by atoms with van der Waals surface area (Å²) in [5.74, 6) is 1.04. The first kappa shape index (κ1) is 16.6. The second-order valence-electron chi connectivity index (χ2n) is 8.25. The summed E-state index contributed by atoms with van der Waals surface area (Å²) >= 11 is 6.21. The maximum Gasteiger partial charge on any atom is 0.393 e. The van der Waals surface area contributed by atoms with E-state index >= 15 is 0 Å². The predicted octanol–water partition coefficient (Wildman–Crippen LogP) is 5.36. The Bertz CT molecular complexity index is 1070. The van der Waals surface area contributed by atoms with Gasteiger partial charge in [0.25, 0.3) is 0 Å². The van der Waals surface area contributed by atoms with Crippen LogP contribution in [0.3, 0.4) is 0 Å². The van der Waals surface area contributed by atoms with Crippen LogP contribution in [-0.2, 0) is 12.8 Å². The van der Waals surface area contributed by atoms with E-state index in [1.807, 2.05) is 12.1 Å². The number of aromatic nitrogens is 2. The molecule has 3 aliphatic rings. The standard InChI is InChI=1S/C24H22ClN3/c25-17-12-9-16(10-13-17)23-19-14-11-15-5-1-2-6-18(15)22(19)27-24-26-20-7-3-4-8-21(20)28(23)24/h1-2,5-6,9-10,12-13,20-21H,3-4,7-8,11,14H2/p+1/t20-,21-/m0/s1. The summed E-state index contributed by atoms with van der Waals surface area (Å²) < 4.78 is 2.51. The van der Waals surface area contributed by atoms with Crippen LogP contribution in [0.1, 0.15) is 42.9 Å². The first-order chi connectivity index (χ1) is 13.8. The lowest BCUT2D eigenvalue weighted by molar-refractivity contribution is -0.694. The Kier molecular flexibility index (Phi) is 3.73. The molecule has 0 radical (unpaired) electrons. The molecule has 28 heavy (non-hydrogen) atoms. The van der Waals surface area contributed by atoms with Gasteiger partial charge < -0.3 is 0 Å². The molecule has 1 aromatic heterocycles. The van der Waals surface area contributed by atoms with Gasteiger partial charge in [0.15, 0.2) is 5.69 Å². The van der Waals surface area contributed by atoms with Crippen LogP contribution in [0.15, 0.2) is 48.5 Å². The van der Waals surface area contributed by atoms with Crippen molar-refractivity contribution < 1.29 is 4.57 Å². The Labute approximate surface area is 170 Å². The van der Waals surface area contributed by atoms with Gasteiger partial charge in [-0.05, 0) is 68.4 Å². The Morgan fingerprint density at radius 2 is 1.79 bits per heavy atom. The number of rotatable bonds is 1. The molecule has 2 atom stereocenters. The van der Waals surface area contributed by atoms with Crippen molar-refractivity contribution in [2.24, 2.45) is 0 Å². The summed E-state index contributed by atoms with van der Waals surface area (Å²) in [5.41, 5.74) is 7.83. The highest BCUT2D eigenvalue weighted by Crippen LogP contribution is 2.41. The van der Waals surface area contributed by atoms with E-state index in [-0.39, 0.29) is 0 Å². The van der Waals surface area contributed by atoms with Gasteiger partial charge in [-0.2, -0.15) is 0 Å². The molecule has 0 saturated heterocycles. The first-order valence-electron chi connectivity index (χ1n) is 10.4. The molecule has 140 valence electrons. The summed E-state index contributed by atoms with van der Waals surface area (Å²) in [6, 6.07) is 18.1. The zero-order chi connectivity index (χ0) is 18.7. The zero-order valence-electron chi connectivity index (χ0n) is 15.8. The topological polar surface area (TPSA) is 28.8 Å². The second kappa shape index (κ2) is 6.31. The van der Waals surface area contributed by atoms with Gasteiger partial charge in [0.2, 0.25) is 0 Å². The van der Waals surface area contributed by atoms with Crippen LogP contribution in [0, 0.1) is 0 Å². The number of hydrogen-bond donors (Lipinski definition) is 1. The van der Waals surface area contributed by atoms with E-state index in [0.29, 0.717) is 12.1 Å². The average Bonchev–Trinajstić information content (AvgIpc) is 3.11. The van der Waals surface area contributed by atoms with E-state index in [4.69, 9.17) is 16.6 Å². The van der Waals surface area contributed by atoms with Gasteiger partial charge in [0.1, 0.15) is 17.8 Å². The van der Waals surface area contributed by atoms with Gasteiger partial charge in [-0.1, -0.05) is 40.9 Å². The zero-order valence-corrected chi connectivity index (χ0v) is 16.5. The Morgan fingerprint density at radius 1 is 0.964 bits per heavy atom. The third-order valence-corrected chi connectivity index (χ3v) is 6.92. The maximum atomic E-state index is 6.21.